The zero-order valence-electron chi connectivity index (χ0n) is 28.9. The molecule has 0 spiro atoms. The van der Waals surface area contributed by atoms with E-state index in [-0.39, 0.29) is 0 Å². The van der Waals surface area contributed by atoms with E-state index in [0.29, 0.717) is 5.89 Å². The zero-order valence-corrected chi connectivity index (χ0v) is 29.8. The lowest BCUT2D eigenvalue weighted by Gasteiger charge is -2.27. The number of rotatable bonds is 6. The Labute approximate surface area is 314 Å². The highest BCUT2D eigenvalue weighted by molar-refractivity contribution is 7.26. The molecule has 0 aliphatic carbocycles. The molecule has 254 valence electrons. The maximum atomic E-state index is 6.61. The van der Waals surface area contributed by atoms with E-state index in [1.807, 2.05) is 59.9 Å². The van der Waals surface area contributed by atoms with Gasteiger partial charge in [-0.2, -0.15) is 0 Å². The lowest BCUT2D eigenvalue weighted by molar-refractivity contribution is 0.620. The van der Waals surface area contributed by atoms with Gasteiger partial charge in [0.05, 0.1) is 11.3 Å². The molecule has 0 aliphatic heterocycles. The summed E-state index contributed by atoms with van der Waals surface area (Å²) >= 11 is 1.83. The fraction of sp³-hybridized carbons (Fsp3) is 0. The number of hydrogen-bond donors (Lipinski definition) is 0. The summed E-state index contributed by atoms with van der Waals surface area (Å²) in [7, 11) is 0. The van der Waals surface area contributed by atoms with Crippen LogP contribution in [0, 0.1) is 0 Å². The van der Waals surface area contributed by atoms with Gasteiger partial charge in [0.25, 0.3) is 0 Å². The Morgan fingerprint density at radius 1 is 0.444 bits per heavy atom. The van der Waals surface area contributed by atoms with Crippen molar-refractivity contribution in [2.24, 2.45) is 0 Å². The highest BCUT2D eigenvalue weighted by Crippen LogP contribution is 2.47. The molecule has 8 aromatic carbocycles. The molecule has 0 atom stereocenters. The zero-order chi connectivity index (χ0) is 35.6. The van der Waals surface area contributed by atoms with Crippen molar-refractivity contribution in [1.29, 1.82) is 0 Å². The topological polar surface area (TPSA) is 42.4 Å². The standard InChI is InChI=1S/C49H30N2O2S/c1-3-12-31(13-4-1)32-22-26-35(27-23-32)51(40-18-11-21-44-46(40)38-17-8-10-20-43(38)54-44)36-28-24-33(25-29-36)45-47-42(53-49(50-47)34-14-5-2-6-15-34)30-39-37-16-7-9-19-41(37)52-48(39)45/h1-30H. The summed E-state index contributed by atoms with van der Waals surface area (Å²) in [6, 6.07) is 63.8. The van der Waals surface area contributed by atoms with Gasteiger partial charge in [-0.1, -0.05) is 115 Å². The maximum absolute atomic E-state index is 6.61. The molecule has 4 nitrogen and oxygen atoms in total. The van der Waals surface area contributed by atoms with Crippen molar-refractivity contribution < 1.29 is 8.83 Å². The minimum absolute atomic E-state index is 0.585. The van der Waals surface area contributed by atoms with Crippen molar-refractivity contribution in [2.75, 3.05) is 4.90 Å². The van der Waals surface area contributed by atoms with Crippen LogP contribution in [-0.4, -0.2) is 4.98 Å². The first-order valence-corrected chi connectivity index (χ1v) is 18.8. The highest BCUT2D eigenvalue weighted by atomic mass is 32.1. The molecule has 5 heteroatoms. The molecule has 0 radical (unpaired) electrons. The van der Waals surface area contributed by atoms with Crippen LogP contribution in [0.3, 0.4) is 0 Å². The Hall–Kier alpha value is -6.95. The third-order valence-corrected chi connectivity index (χ3v) is 11.5. The molecule has 0 saturated heterocycles. The second-order valence-electron chi connectivity index (χ2n) is 13.5. The Morgan fingerprint density at radius 3 is 1.81 bits per heavy atom. The fourth-order valence-electron chi connectivity index (χ4n) is 7.79. The van der Waals surface area contributed by atoms with Crippen LogP contribution in [0.5, 0.6) is 0 Å². The van der Waals surface area contributed by atoms with Crippen LogP contribution in [0.1, 0.15) is 0 Å². The Balaban J connectivity index is 1.11. The number of fused-ring (bicyclic) bond motifs is 7. The number of nitrogens with zero attached hydrogens (tertiary/aromatic N) is 2. The van der Waals surface area contributed by atoms with Gasteiger partial charge in [-0.25, -0.2) is 4.98 Å². The molecule has 54 heavy (non-hydrogen) atoms. The molecule has 0 aliphatic rings. The monoisotopic (exact) mass is 710 g/mol. The molecule has 11 rings (SSSR count). The van der Waals surface area contributed by atoms with E-state index in [1.54, 1.807) is 0 Å². The van der Waals surface area contributed by atoms with Gasteiger partial charge in [0.15, 0.2) is 5.58 Å². The van der Waals surface area contributed by atoms with Gasteiger partial charge in [0, 0.05) is 47.9 Å². The Kier molecular flexibility index (Phi) is 7.00. The van der Waals surface area contributed by atoms with Gasteiger partial charge >= 0.3 is 0 Å². The first kappa shape index (κ1) is 30.7. The first-order valence-electron chi connectivity index (χ1n) is 18.0. The van der Waals surface area contributed by atoms with Crippen molar-refractivity contribution >= 4 is 81.6 Å². The van der Waals surface area contributed by atoms with E-state index in [1.165, 1.54) is 31.3 Å². The van der Waals surface area contributed by atoms with Gasteiger partial charge in [0.2, 0.25) is 5.89 Å². The SMILES string of the molecule is c1ccc(-c2ccc(N(c3ccc(-c4c5nc(-c6ccccc6)oc5cc5c4oc4ccccc45)cc3)c3cccc4sc5ccccc5c34)cc2)cc1. The van der Waals surface area contributed by atoms with Gasteiger partial charge in [0.1, 0.15) is 16.7 Å². The van der Waals surface area contributed by atoms with Crippen molar-refractivity contribution in [2.45, 2.75) is 0 Å². The maximum Gasteiger partial charge on any atom is 0.227 e. The van der Waals surface area contributed by atoms with Gasteiger partial charge in [-0.05, 0) is 83.4 Å². The van der Waals surface area contributed by atoms with Gasteiger partial charge in [-0.3, -0.25) is 0 Å². The fourth-order valence-corrected chi connectivity index (χ4v) is 8.92. The van der Waals surface area contributed by atoms with Crippen molar-refractivity contribution in [3.8, 4) is 33.7 Å². The normalized spacial score (nSPS) is 11.7. The number of aromatic nitrogens is 1. The molecule has 0 amide bonds. The van der Waals surface area contributed by atoms with E-state index in [4.69, 9.17) is 13.8 Å². The molecule has 0 saturated carbocycles. The first-order chi connectivity index (χ1) is 26.8. The number of hydrogen-bond acceptors (Lipinski definition) is 5. The average molecular weight is 711 g/mol. The Bertz CT molecular complexity index is 3140. The summed E-state index contributed by atoms with van der Waals surface area (Å²) < 4.78 is 15.6. The second-order valence-corrected chi connectivity index (χ2v) is 14.6. The molecule has 11 aromatic rings. The predicted octanol–water partition coefficient (Wildman–Crippen LogP) is 14.6. The number of benzene rings is 8. The summed E-state index contributed by atoms with van der Waals surface area (Å²) in [5.74, 6) is 0.585. The van der Waals surface area contributed by atoms with Crippen LogP contribution in [0.2, 0.25) is 0 Å². The lowest BCUT2D eigenvalue weighted by atomic mass is 9.99. The number of anilines is 3. The number of oxazole rings is 1. The van der Waals surface area contributed by atoms with E-state index >= 15 is 0 Å². The summed E-state index contributed by atoms with van der Waals surface area (Å²) in [5.41, 5.74) is 11.6. The summed E-state index contributed by atoms with van der Waals surface area (Å²) in [4.78, 5) is 7.46. The van der Waals surface area contributed by atoms with Crippen LogP contribution in [0.25, 0.3) is 86.9 Å². The highest BCUT2D eigenvalue weighted by Gasteiger charge is 2.23. The minimum Gasteiger partial charge on any atom is -0.455 e. The largest absolute Gasteiger partial charge is 0.455 e. The molecule has 0 unspecified atom stereocenters. The van der Waals surface area contributed by atoms with Crippen LogP contribution < -0.4 is 4.90 Å². The lowest BCUT2D eigenvalue weighted by Crippen LogP contribution is -2.10. The molecule has 0 N–H and O–H groups in total. The number of furan rings is 1. The third kappa shape index (κ3) is 4.94. The summed E-state index contributed by atoms with van der Waals surface area (Å²) in [6.07, 6.45) is 0. The summed E-state index contributed by atoms with van der Waals surface area (Å²) in [6.45, 7) is 0. The minimum atomic E-state index is 0.585. The average Bonchev–Trinajstić information content (AvgIpc) is 3.95. The van der Waals surface area contributed by atoms with Gasteiger partial charge < -0.3 is 13.7 Å². The summed E-state index contributed by atoms with van der Waals surface area (Å²) in [5, 5.41) is 4.56. The molecular formula is C49H30N2O2S. The van der Waals surface area contributed by atoms with Crippen LogP contribution in [0.15, 0.2) is 191 Å². The van der Waals surface area contributed by atoms with Crippen molar-refractivity contribution in [3.63, 3.8) is 0 Å². The van der Waals surface area contributed by atoms with Crippen LogP contribution in [0.4, 0.5) is 17.1 Å². The molecule has 3 aromatic heterocycles. The van der Waals surface area contributed by atoms with E-state index < -0.39 is 0 Å². The van der Waals surface area contributed by atoms with E-state index in [2.05, 4.69) is 138 Å². The Morgan fingerprint density at radius 2 is 1.06 bits per heavy atom. The number of para-hydroxylation sites is 1. The number of thiophene rings is 1. The van der Waals surface area contributed by atoms with E-state index in [9.17, 15) is 0 Å². The van der Waals surface area contributed by atoms with Crippen molar-refractivity contribution in [3.05, 3.63) is 182 Å². The van der Waals surface area contributed by atoms with Crippen LogP contribution in [-0.2, 0) is 0 Å². The van der Waals surface area contributed by atoms with Gasteiger partial charge in [-0.15, -0.1) is 11.3 Å². The molecule has 3 heterocycles. The van der Waals surface area contributed by atoms with Crippen molar-refractivity contribution in [1.82, 2.24) is 4.98 Å². The quantitative estimate of drug-likeness (QED) is 0.172. The second kappa shape index (κ2) is 12.3. The smallest absolute Gasteiger partial charge is 0.227 e. The third-order valence-electron chi connectivity index (χ3n) is 10.3. The molecule has 0 fully saturated rings. The van der Waals surface area contributed by atoms with Crippen LogP contribution >= 0.6 is 11.3 Å². The molecule has 0 bridgehead atoms. The predicted molar refractivity (Wildman–Crippen MR) is 225 cm³/mol. The van der Waals surface area contributed by atoms with E-state index in [0.717, 1.165) is 66.8 Å². The molecular weight excluding hydrogens is 681 g/mol.